The Morgan fingerprint density at radius 3 is 2.70 bits per heavy atom. The molecule has 0 fully saturated rings. The summed E-state index contributed by atoms with van der Waals surface area (Å²) in [4.78, 5) is 13.1. The van der Waals surface area contributed by atoms with Crippen LogP contribution in [0, 0.1) is 11.3 Å². The molecular formula is C18H29ClN2OS. The van der Waals surface area contributed by atoms with E-state index < -0.39 is 0 Å². The Labute approximate surface area is 149 Å². The third-order valence-corrected chi connectivity index (χ3v) is 5.22. The molecule has 1 atom stereocenters. The van der Waals surface area contributed by atoms with Crippen LogP contribution >= 0.6 is 23.4 Å². The topological polar surface area (TPSA) is 55.1 Å². The van der Waals surface area contributed by atoms with Gasteiger partial charge in [0.15, 0.2) is 0 Å². The number of unbranched alkanes of at least 4 members (excludes halogenated alkanes) is 1. The van der Waals surface area contributed by atoms with E-state index in [4.69, 9.17) is 17.3 Å². The number of halogens is 1. The molecule has 130 valence electrons. The first kappa shape index (κ1) is 20.2. The van der Waals surface area contributed by atoms with Crippen molar-refractivity contribution in [3.63, 3.8) is 0 Å². The lowest BCUT2D eigenvalue weighted by Crippen LogP contribution is -2.30. The molecule has 0 heterocycles. The molecule has 1 aromatic rings. The molecule has 3 nitrogen and oxygen atoms in total. The predicted octanol–water partition coefficient (Wildman–Crippen LogP) is 5.33. The molecule has 0 bridgehead atoms. The molecule has 0 saturated heterocycles. The lowest BCUT2D eigenvalue weighted by atomic mass is 9.76. The van der Waals surface area contributed by atoms with Gasteiger partial charge in [0.1, 0.15) is 0 Å². The minimum Gasteiger partial charge on any atom is -0.398 e. The van der Waals surface area contributed by atoms with Crippen LogP contribution in [0.1, 0.15) is 53.4 Å². The third kappa shape index (κ3) is 7.49. The maximum absolute atomic E-state index is 12.2. The Bertz CT molecular complexity index is 514. The lowest BCUT2D eigenvalue weighted by Gasteiger charge is -2.30. The number of nitrogens with one attached hydrogen (secondary N) is 1. The maximum atomic E-state index is 12.2. The van der Waals surface area contributed by atoms with Crippen LogP contribution < -0.4 is 11.1 Å². The number of carbonyl (C=O) groups is 1. The van der Waals surface area contributed by atoms with E-state index in [9.17, 15) is 4.79 Å². The van der Waals surface area contributed by atoms with Gasteiger partial charge in [0.2, 0.25) is 5.91 Å². The number of hydrogen-bond donors (Lipinski definition) is 2. The number of benzene rings is 1. The number of amides is 1. The van der Waals surface area contributed by atoms with E-state index in [0.29, 0.717) is 28.9 Å². The van der Waals surface area contributed by atoms with Gasteiger partial charge in [0.05, 0.1) is 5.88 Å². The molecule has 0 aliphatic rings. The Hall–Kier alpha value is -0.870. The van der Waals surface area contributed by atoms with E-state index in [-0.39, 0.29) is 11.3 Å². The van der Waals surface area contributed by atoms with Crippen LogP contribution in [-0.2, 0) is 4.79 Å². The number of carbonyl (C=O) groups excluding carboxylic acids is 1. The number of thioether (sulfide) groups is 1. The van der Waals surface area contributed by atoms with Crippen LogP contribution in [0.15, 0.2) is 23.1 Å². The van der Waals surface area contributed by atoms with Crippen LogP contribution in [0.3, 0.4) is 0 Å². The molecule has 1 aromatic carbocycles. The summed E-state index contributed by atoms with van der Waals surface area (Å²) in [6.07, 6.45) is 4.01. The molecule has 0 saturated carbocycles. The van der Waals surface area contributed by atoms with Gasteiger partial charge in [-0.25, -0.2) is 0 Å². The molecule has 5 heteroatoms. The van der Waals surface area contributed by atoms with Crippen LogP contribution in [0.2, 0.25) is 5.02 Å². The summed E-state index contributed by atoms with van der Waals surface area (Å²) in [5.74, 6) is 1.02. The number of anilines is 1. The Balaban J connectivity index is 2.47. The minimum absolute atomic E-state index is 0.106. The Morgan fingerprint density at radius 1 is 1.39 bits per heavy atom. The highest BCUT2D eigenvalue weighted by Gasteiger charge is 2.26. The molecular weight excluding hydrogens is 328 g/mol. The van der Waals surface area contributed by atoms with Crippen LogP contribution in [0.5, 0.6) is 0 Å². The van der Waals surface area contributed by atoms with E-state index in [2.05, 4.69) is 33.0 Å². The van der Waals surface area contributed by atoms with Gasteiger partial charge in [0, 0.05) is 22.0 Å². The highest BCUT2D eigenvalue weighted by molar-refractivity contribution is 7.99. The monoisotopic (exact) mass is 356 g/mol. The van der Waals surface area contributed by atoms with Gasteiger partial charge in [-0.3, -0.25) is 4.79 Å². The number of nitrogens with two attached hydrogens (primary N) is 1. The average Bonchev–Trinajstić information content (AvgIpc) is 2.46. The highest BCUT2D eigenvalue weighted by atomic mass is 35.5. The summed E-state index contributed by atoms with van der Waals surface area (Å²) in [6, 6.07) is 5.38. The largest absolute Gasteiger partial charge is 0.398 e. The molecule has 0 aromatic heterocycles. The predicted molar refractivity (Wildman–Crippen MR) is 102 cm³/mol. The van der Waals surface area contributed by atoms with Gasteiger partial charge in [-0.2, -0.15) is 0 Å². The molecule has 1 rings (SSSR count). The van der Waals surface area contributed by atoms with E-state index >= 15 is 0 Å². The fourth-order valence-electron chi connectivity index (χ4n) is 2.42. The summed E-state index contributed by atoms with van der Waals surface area (Å²) in [7, 11) is 0. The van der Waals surface area contributed by atoms with E-state index in [1.54, 1.807) is 12.1 Å². The standard InChI is InChI=1S/C18H29ClN2OS/c1-5-6-7-13(18(2,3)4)10-17(22)21-12-23-16-11-14(19)8-9-15(16)20/h8-9,11,13H,5-7,10,12,20H2,1-4H3,(H,21,22). The van der Waals surface area contributed by atoms with Crippen LogP contribution in [0.4, 0.5) is 5.69 Å². The minimum atomic E-state index is 0.106. The van der Waals surface area contributed by atoms with Gasteiger partial charge < -0.3 is 11.1 Å². The molecule has 1 unspecified atom stereocenters. The molecule has 1 amide bonds. The van der Waals surface area contributed by atoms with Crippen molar-refractivity contribution < 1.29 is 4.79 Å². The van der Waals surface area contributed by atoms with Crippen molar-refractivity contribution in [1.29, 1.82) is 0 Å². The molecule has 3 N–H and O–H groups in total. The lowest BCUT2D eigenvalue weighted by molar-refractivity contribution is -0.122. The zero-order valence-corrected chi connectivity index (χ0v) is 16.2. The van der Waals surface area contributed by atoms with Crippen LogP contribution in [0.25, 0.3) is 0 Å². The summed E-state index contributed by atoms with van der Waals surface area (Å²) in [6.45, 7) is 8.82. The van der Waals surface area contributed by atoms with Crippen molar-refractivity contribution in [2.45, 2.75) is 58.3 Å². The second kappa shape index (κ2) is 9.43. The van der Waals surface area contributed by atoms with Gasteiger partial charge in [0.25, 0.3) is 0 Å². The van der Waals surface area contributed by atoms with Gasteiger partial charge >= 0.3 is 0 Å². The zero-order chi connectivity index (χ0) is 17.5. The van der Waals surface area contributed by atoms with E-state index in [1.807, 2.05) is 6.07 Å². The number of hydrogen-bond acceptors (Lipinski definition) is 3. The zero-order valence-electron chi connectivity index (χ0n) is 14.6. The van der Waals surface area contributed by atoms with Crippen molar-refractivity contribution in [3.05, 3.63) is 23.2 Å². The van der Waals surface area contributed by atoms with Gasteiger partial charge in [-0.1, -0.05) is 52.1 Å². The van der Waals surface area contributed by atoms with Crippen molar-refractivity contribution in [2.75, 3.05) is 11.6 Å². The quantitative estimate of drug-likeness (QED) is 0.376. The van der Waals surface area contributed by atoms with Gasteiger partial charge in [-0.05, 0) is 36.0 Å². The number of nitrogen functional groups attached to an aromatic ring is 1. The number of rotatable bonds is 8. The molecule has 0 spiro atoms. The van der Waals surface area contributed by atoms with E-state index in [1.165, 1.54) is 18.2 Å². The molecule has 0 aliphatic carbocycles. The average molecular weight is 357 g/mol. The summed E-state index contributed by atoms with van der Waals surface area (Å²) in [5.41, 5.74) is 6.74. The third-order valence-electron chi connectivity index (χ3n) is 4.04. The Morgan fingerprint density at radius 2 is 2.09 bits per heavy atom. The Kier molecular flexibility index (Phi) is 8.27. The maximum Gasteiger partial charge on any atom is 0.220 e. The fourth-order valence-corrected chi connectivity index (χ4v) is 3.49. The smallest absolute Gasteiger partial charge is 0.220 e. The van der Waals surface area contributed by atoms with Crippen LogP contribution in [-0.4, -0.2) is 11.8 Å². The fraction of sp³-hybridized carbons (Fsp3) is 0.611. The molecule has 0 aliphatic heterocycles. The summed E-state index contributed by atoms with van der Waals surface area (Å²) < 4.78 is 0. The first-order valence-corrected chi connectivity index (χ1v) is 9.55. The normalized spacial score (nSPS) is 12.9. The second-order valence-corrected chi connectivity index (χ2v) is 8.43. The van der Waals surface area contributed by atoms with E-state index in [0.717, 1.165) is 17.7 Å². The first-order valence-electron chi connectivity index (χ1n) is 8.18. The molecule has 0 radical (unpaired) electrons. The van der Waals surface area contributed by atoms with Crippen molar-refractivity contribution in [3.8, 4) is 0 Å². The van der Waals surface area contributed by atoms with Crippen molar-refractivity contribution >= 4 is 35.0 Å². The van der Waals surface area contributed by atoms with Crippen molar-refractivity contribution in [2.24, 2.45) is 11.3 Å². The SMILES string of the molecule is CCCCC(CC(=O)NCSc1cc(Cl)ccc1N)C(C)(C)C. The summed E-state index contributed by atoms with van der Waals surface area (Å²) in [5, 5.41) is 3.64. The first-order chi connectivity index (χ1) is 10.7. The van der Waals surface area contributed by atoms with Gasteiger partial charge in [-0.15, -0.1) is 11.8 Å². The second-order valence-electron chi connectivity index (χ2n) is 6.98. The highest BCUT2D eigenvalue weighted by Crippen LogP contribution is 2.33. The van der Waals surface area contributed by atoms with Crippen molar-refractivity contribution in [1.82, 2.24) is 5.32 Å². The molecule has 23 heavy (non-hydrogen) atoms. The summed E-state index contributed by atoms with van der Waals surface area (Å²) >= 11 is 7.47.